The van der Waals surface area contributed by atoms with Gasteiger partial charge >= 0.3 is 0 Å². The number of hydrogen-bond donors (Lipinski definition) is 0. The molecule has 0 heterocycles. The van der Waals surface area contributed by atoms with E-state index in [-0.39, 0.29) is 10.6 Å². The van der Waals surface area contributed by atoms with Crippen molar-refractivity contribution in [1.29, 1.82) is 0 Å². The lowest BCUT2D eigenvalue weighted by Gasteiger charge is -2.16. The molecule has 0 radical (unpaired) electrons. The topological polar surface area (TPSA) is 60.4 Å². The van der Waals surface area contributed by atoms with Crippen LogP contribution in [-0.4, -0.2) is 20.5 Å². The minimum absolute atomic E-state index is 0.0448. The van der Waals surface area contributed by atoms with E-state index in [4.69, 9.17) is 4.74 Å². The second-order valence-electron chi connectivity index (χ2n) is 4.91. The molecule has 4 nitrogen and oxygen atoms in total. The van der Waals surface area contributed by atoms with E-state index in [0.717, 1.165) is 5.56 Å². The van der Waals surface area contributed by atoms with Crippen molar-refractivity contribution < 1.29 is 17.9 Å². The minimum Gasteiger partial charge on any atom is -0.478 e. The Balaban J connectivity index is 2.25. The lowest BCUT2D eigenvalue weighted by atomic mass is 10.1. The number of aldehydes is 1. The standard InChI is InChI=1S/C17H18O4S/c1-3-22(19,20)15-10-8-14(9-11-15)17(12-18)21-16-7-5-4-6-13(16)2/h4-12,17H,3H2,1-2H3. The second-order valence-corrected chi connectivity index (χ2v) is 7.19. The van der Waals surface area contributed by atoms with Crippen LogP contribution in [0.1, 0.15) is 24.2 Å². The Bertz CT molecular complexity index is 748. The highest BCUT2D eigenvalue weighted by Gasteiger charge is 2.16. The third-order valence-electron chi connectivity index (χ3n) is 3.42. The zero-order chi connectivity index (χ0) is 16.2. The van der Waals surface area contributed by atoms with Gasteiger partial charge in [0, 0.05) is 0 Å². The first-order valence-corrected chi connectivity index (χ1v) is 8.63. The molecule has 0 aromatic heterocycles. The summed E-state index contributed by atoms with van der Waals surface area (Å²) < 4.78 is 29.3. The summed E-state index contributed by atoms with van der Waals surface area (Å²) in [6, 6.07) is 13.6. The van der Waals surface area contributed by atoms with Crippen molar-refractivity contribution >= 4 is 16.1 Å². The molecule has 2 aromatic rings. The number of benzene rings is 2. The monoisotopic (exact) mass is 318 g/mol. The number of carbonyl (C=O) groups is 1. The average molecular weight is 318 g/mol. The summed E-state index contributed by atoms with van der Waals surface area (Å²) in [5.74, 6) is 0.674. The molecule has 0 bridgehead atoms. The van der Waals surface area contributed by atoms with Gasteiger partial charge in [-0.2, -0.15) is 0 Å². The average Bonchev–Trinajstić information content (AvgIpc) is 2.54. The Morgan fingerprint density at radius 2 is 1.73 bits per heavy atom. The summed E-state index contributed by atoms with van der Waals surface area (Å²) in [7, 11) is -3.24. The van der Waals surface area contributed by atoms with Crippen LogP contribution in [0.5, 0.6) is 5.75 Å². The van der Waals surface area contributed by atoms with Crippen LogP contribution in [0.4, 0.5) is 0 Å². The van der Waals surface area contributed by atoms with Gasteiger partial charge in [-0.05, 0) is 36.2 Å². The van der Waals surface area contributed by atoms with Crippen LogP contribution in [-0.2, 0) is 14.6 Å². The molecule has 1 unspecified atom stereocenters. The summed E-state index contributed by atoms with van der Waals surface area (Å²) >= 11 is 0. The van der Waals surface area contributed by atoms with Crippen LogP contribution in [0.2, 0.25) is 0 Å². The number of hydrogen-bond acceptors (Lipinski definition) is 4. The van der Waals surface area contributed by atoms with E-state index >= 15 is 0 Å². The number of carbonyl (C=O) groups excluding carboxylic acids is 1. The summed E-state index contributed by atoms with van der Waals surface area (Å²) in [5.41, 5.74) is 1.55. The molecule has 0 saturated heterocycles. The fourth-order valence-electron chi connectivity index (χ4n) is 2.03. The molecule has 0 spiro atoms. The van der Waals surface area contributed by atoms with Gasteiger partial charge < -0.3 is 4.74 Å². The number of sulfone groups is 1. The zero-order valence-corrected chi connectivity index (χ0v) is 13.3. The van der Waals surface area contributed by atoms with E-state index in [1.54, 1.807) is 25.1 Å². The van der Waals surface area contributed by atoms with Gasteiger partial charge in [0.25, 0.3) is 0 Å². The van der Waals surface area contributed by atoms with E-state index in [9.17, 15) is 13.2 Å². The van der Waals surface area contributed by atoms with Crippen molar-refractivity contribution in [1.82, 2.24) is 0 Å². The van der Waals surface area contributed by atoms with Gasteiger partial charge in [-0.3, -0.25) is 4.79 Å². The number of ether oxygens (including phenoxy) is 1. The fraction of sp³-hybridized carbons (Fsp3) is 0.235. The van der Waals surface area contributed by atoms with Crippen LogP contribution >= 0.6 is 0 Å². The predicted molar refractivity (Wildman–Crippen MR) is 84.8 cm³/mol. The minimum atomic E-state index is -3.24. The van der Waals surface area contributed by atoms with Gasteiger partial charge in [-0.25, -0.2) is 8.42 Å². The Hall–Kier alpha value is -2.14. The van der Waals surface area contributed by atoms with E-state index < -0.39 is 15.9 Å². The summed E-state index contributed by atoms with van der Waals surface area (Å²) in [4.78, 5) is 11.6. The number of rotatable bonds is 6. The van der Waals surface area contributed by atoms with Crippen molar-refractivity contribution in [3.8, 4) is 5.75 Å². The van der Waals surface area contributed by atoms with Crippen LogP contribution in [0.15, 0.2) is 53.4 Å². The summed E-state index contributed by atoms with van der Waals surface area (Å²) in [6.45, 7) is 3.49. The SMILES string of the molecule is CCS(=O)(=O)c1ccc(C(C=O)Oc2ccccc2C)cc1. The second kappa shape index (κ2) is 6.75. The molecule has 5 heteroatoms. The highest BCUT2D eigenvalue weighted by Crippen LogP contribution is 2.24. The summed E-state index contributed by atoms with van der Waals surface area (Å²) in [6.07, 6.45) is -0.0602. The van der Waals surface area contributed by atoms with Crippen LogP contribution in [0.3, 0.4) is 0 Å². The van der Waals surface area contributed by atoms with E-state index in [0.29, 0.717) is 17.6 Å². The van der Waals surface area contributed by atoms with Crippen LogP contribution in [0.25, 0.3) is 0 Å². The van der Waals surface area contributed by atoms with Gasteiger partial charge in [0.05, 0.1) is 10.6 Å². The Labute approximate surface area is 130 Å². The molecule has 0 N–H and O–H groups in total. The van der Waals surface area contributed by atoms with Crippen molar-refractivity contribution in [2.45, 2.75) is 24.8 Å². The Morgan fingerprint density at radius 1 is 1.09 bits per heavy atom. The highest BCUT2D eigenvalue weighted by atomic mass is 32.2. The maximum absolute atomic E-state index is 11.8. The predicted octanol–water partition coefficient (Wildman–Crippen LogP) is 3.11. The first-order chi connectivity index (χ1) is 10.5. The highest BCUT2D eigenvalue weighted by molar-refractivity contribution is 7.91. The zero-order valence-electron chi connectivity index (χ0n) is 12.5. The maximum atomic E-state index is 11.8. The number of aryl methyl sites for hydroxylation is 1. The lowest BCUT2D eigenvalue weighted by molar-refractivity contribution is -0.113. The van der Waals surface area contributed by atoms with E-state index in [1.807, 2.05) is 25.1 Å². The molecule has 0 aliphatic rings. The molecule has 1 atom stereocenters. The molecular weight excluding hydrogens is 300 g/mol. The van der Waals surface area contributed by atoms with Crippen LogP contribution < -0.4 is 4.74 Å². The molecule has 0 aliphatic carbocycles. The van der Waals surface area contributed by atoms with Gasteiger partial charge in [-0.1, -0.05) is 37.3 Å². The number of para-hydroxylation sites is 1. The molecule has 2 rings (SSSR count). The largest absolute Gasteiger partial charge is 0.478 e. The van der Waals surface area contributed by atoms with Crippen molar-refractivity contribution in [2.24, 2.45) is 0 Å². The molecule has 0 fully saturated rings. The first kappa shape index (κ1) is 16.2. The Kier molecular flexibility index (Phi) is 4.98. The fourth-order valence-corrected chi connectivity index (χ4v) is 2.92. The quantitative estimate of drug-likeness (QED) is 0.768. The molecule has 0 aliphatic heterocycles. The molecule has 22 heavy (non-hydrogen) atoms. The maximum Gasteiger partial charge on any atom is 0.179 e. The summed E-state index contributed by atoms with van der Waals surface area (Å²) in [5, 5.41) is 0. The van der Waals surface area contributed by atoms with Crippen molar-refractivity contribution in [3.63, 3.8) is 0 Å². The van der Waals surface area contributed by atoms with Gasteiger partial charge in [0.15, 0.2) is 22.2 Å². The van der Waals surface area contributed by atoms with Gasteiger partial charge in [-0.15, -0.1) is 0 Å². The van der Waals surface area contributed by atoms with Gasteiger partial charge in [0.1, 0.15) is 5.75 Å². The normalized spacial score (nSPS) is 12.6. The van der Waals surface area contributed by atoms with Gasteiger partial charge in [0.2, 0.25) is 0 Å². The molecule has 0 amide bonds. The third kappa shape index (κ3) is 3.54. The van der Waals surface area contributed by atoms with Crippen LogP contribution in [0, 0.1) is 6.92 Å². The van der Waals surface area contributed by atoms with E-state index in [1.165, 1.54) is 12.1 Å². The molecule has 116 valence electrons. The molecule has 0 saturated carbocycles. The van der Waals surface area contributed by atoms with Crippen molar-refractivity contribution in [3.05, 3.63) is 59.7 Å². The smallest absolute Gasteiger partial charge is 0.179 e. The Morgan fingerprint density at radius 3 is 2.27 bits per heavy atom. The molecule has 2 aromatic carbocycles. The third-order valence-corrected chi connectivity index (χ3v) is 5.17. The first-order valence-electron chi connectivity index (χ1n) is 6.98. The van der Waals surface area contributed by atoms with E-state index in [2.05, 4.69) is 0 Å². The molecular formula is C17H18O4S. The lowest BCUT2D eigenvalue weighted by Crippen LogP contribution is -2.10. The van der Waals surface area contributed by atoms with Crippen molar-refractivity contribution in [2.75, 3.05) is 5.75 Å².